The van der Waals surface area contributed by atoms with Crippen LogP contribution in [0.1, 0.15) is 13.3 Å². The van der Waals surface area contributed by atoms with Gasteiger partial charge in [0, 0.05) is 12.5 Å². The Bertz CT molecular complexity index is 574. The molecule has 0 rings (SSSR count). The van der Waals surface area contributed by atoms with E-state index in [1.165, 1.54) is 19.1 Å². The van der Waals surface area contributed by atoms with Crippen molar-refractivity contribution in [3.05, 3.63) is 60.8 Å². The Morgan fingerprint density at radius 3 is 2.15 bits per heavy atom. The van der Waals surface area contributed by atoms with Crippen LogP contribution in [0.15, 0.2) is 60.8 Å². The van der Waals surface area contributed by atoms with Gasteiger partial charge in [-0.25, -0.2) is 4.79 Å². The number of aliphatic carboxylic acids is 1. The zero-order chi connectivity index (χ0) is 20.9. The number of aliphatic hydroxyl groups is 6. The fourth-order valence-corrected chi connectivity index (χ4v) is 1.82. The Labute approximate surface area is 158 Å². The number of carbonyl (C=O) groups is 1. The number of carboxylic acids is 1. The lowest BCUT2D eigenvalue weighted by Crippen LogP contribution is -2.39. The van der Waals surface area contributed by atoms with E-state index in [0.717, 1.165) is 18.2 Å². The van der Waals surface area contributed by atoms with Crippen LogP contribution in [-0.4, -0.2) is 78.3 Å². The average Bonchev–Trinajstić information content (AvgIpc) is 2.60. The Hall–Kier alpha value is -2.07. The molecule has 0 aliphatic rings. The summed E-state index contributed by atoms with van der Waals surface area (Å²) < 4.78 is 0. The molecule has 8 heteroatoms. The highest BCUT2D eigenvalue weighted by Gasteiger charge is 2.29. The minimum atomic E-state index is -1.80. The Morgan fingerprint density at radius 1 is 0.963 bits per heavy atom. The minimum Gasteiger partial charge on any atom is -0.478 e. The van der Waals surface area contributed by atoms with Gasteiger partial charge in [-0.1, -0.05) is 48.6 Å². The summed E-state index contributed by atoms with van der Waals surface area (Å²) in [7, 11) is 0. The van der Waals surface area contributed by atoms with Crippen LogP contribution < -0.4 is 0 Å². The third-order valence-corrected chi connectivity index (χ3v) is 3.46. The summed E-state index contributed by atoms with van der Waals surface area (Å²) >= 11 is 0. The maximum absolute atomic E-state index is 10.4. The molecule has 0 aromatic rings. The molecule has 0 fully saturated rings. The van der Waals surface area contributed by atoms with E-state index in [0.29, 0.717) is 6.08 Å². The molecule has 0 bridgehead atoms. The molecule has 0 spiro atoms. The number of allylic oxidation sites excluding steroid dienone is 4. The third kappa shape index (κ3) is 12.0. The largest absolute Gasteiger partial charge is 0.478 e. The molecule has 0 aromatic heterocycles. The number of hydrogen-bond donors (Lipinski definition) is 7. The van der Waals surface area contributed by atoms with Crippen molar-refractivity contribution in [3.63, 3.8) is 0 Å². The van der Waals surface area contributed by atoms with Crippen LogP contribution in [0.25, 0.3) is 0 Å². The summed E-state index contributed by atoms with van der Waals surface area (Å²) in [5.41, 5.74) is -1.80. The van der Waals surface area contributed by atoms with Crippen molar-refractivity contribution >= 4 is 5.97 Å². The molecular weight excluding hydrogens is 356 g/mol. The zero-order valence-electron chi connectivity index (χ0n) is 15.0. The molecule has 5 atom stereocenters. The molecule has 5 unspecified atom stereocenters. The van der Waals surface area contributed by atoms with E-state index in [9.17, 15) is 30.3 Å². The van der Waals surface area contributed by atoms with Gasteiger partial charge in [-0.05, 0) is 13.0 Å². The van der Waals surface area contributed by atoms with Crippen LogP contribution in [0.4, 0.5) is 0 Å². The zero-order valence-corrected chi connectivity index (χ0v) is 15.0. The van der Waals surface area contributed by atoms with Crippen LogP contribution in [0.3, 0.4) is 0 Å². The van der Waals surface area contributed by atoms with E-state index >= 15 is 0 Å². The van der Waals surface area contributed by atoms with E-state index in [4.69, 9.17) is 10.2 Å². The van der Waals surface area contributed by atoms with Crippen molar-refractivity contribution in [1.82, 2.24) is 0 Å². The summed E-state index contributed by atoms with van der Waals surface area (Å²) in [5.74, 6) is -1.28. The number of aliphatic hydroxyl groups excluding tert-OH is 5. The van der Waals surface area contributed by atoms with Gasteiger partial charge in [0.15, 0.2) is 0 Å². The van der Waals surface area contributed by atoms with Gasteiger partial charge in [0.05, 0.1) is 18.8 Å². The first-order chi connectivity index (χ1) is 12.6. The second-order valence-electron chi connectivity index (χ2n) is 5.96. The highest BCUT2D eigenvalue weighted by molar-refractivity contribution is 5.79. The van der Waals surface area contributed by atoms with Crippen LogP contribution in [0.2, 0.25) is 0 Å². The van der Waals surface area contributed by atoms with E-state index in [1.54, 1.807) is 24.3 Å². The van der Waals surface area contributed by atoms with Gasteiger partial charge in [0.1, 0.15) is 17.8 Å². The standard InChI is InChI=1S/C19H28O8/c1-19(27,11-10-16(23)15(22)8-9-18(25)26)17(24)13-14(21)7-5-3-2-4-6-12-20/h2-11,14-17,20-24,27H,12-13H2,1H3,(H,25,26). The lowest BCUT2D eigenvalue weighted by molar-refractivity contribution is -0.131. The van der Waals surface area contributed by atoms with Crippen molar-refractivity contribution in [1.29, 1.82) is 0 Å². The molecule has 27 heavy (non-hydrogen) atoms. The van der Waals surface area contributed by atoms with Gasteiger partial charge in [0.25, 0.3) is 0 Å². The molecule has 0 aromatic carbocycles. The fourth-order valence-electron chi connectivity index (χ4n) is 1.82. The molecule has 0 aliphatic carbocycles. The van der Waals surface area contributed by atoms with Crippen molar-refractivity contribution in [2.24, 2.45) is 0 Å². The average molecular weight is 384 g/mol. The molecule has 0 heterocycles. The van der Waals surface area contributed by atoms with Crippen LogP contribution in [0.5, 0.6) is 0 Å². The molecule has 0 saturated heterocycles. The summed E-state index contributed by atoms with van der Waals surface area (Å²) in [6.07, 6.45) is 7.40. The van der Waals surface area contributed by atoms with E-state index in [-0.39, 0.29) is 13.0 Å². The van der Waals surface area contributed by atoms with Gasteiger partial charge in [-0.3, -0.25) is 0 Å². The molecular formula is C19H28O8. The molecule has 8 nitrogen and oxygen atoms in total. The topological polar surface area (TPSA) is 159 Å². The quantitative estimate of drug-likeness (QED) is 0.134. The molecule has 7 N–H and O–H groups in total. The van der Waals surface area contributed by atoms with E-state index < -0.39 is 36.0 Å². The molecule has 0 radical (unpaired) electrons. The predicted molar refractivity (Wildman–Crippen MR) is 99.7 cm³/mol. The Kier molecular flexibility index (Phi) is 12.1. The predicted octanol–water partition coefficient (Wildman–Crippen LogP) is -0.571. The molecule has 0 amide bonds. The van der Waals surface area contributed by atoms with E-state index in [2.05, 4.69) is 0 Å². The molecule has 0 aliphatic heterocycles. The molecule has 0 saturated carbocycles. The number of carboxylic acid groups (broad SMARTS) is 1. The first-order valence-corrected chi connectivity index (χ1v) is 8.26. The molecule has 152 valence electrons. The summed E-state index contributed by atoms with van der Waals surface area (Å²) in [5, 5.41) is 66.4. The Morgan fingerprint density at radius 2 is 1.56 bits per heavy atom. The Balaban J connectivity index is 4.67. The van der Waals surface area contributed by atoms with E-state index in [1.807, 2.05) is 0 Å². The number of rotatable bonds is 12. The highest BCUT2D eigenvalue weighted by Crippen LogP contribution is 2.18. The summed E-state index contributed by atoms with van der Waals surface area (Å²) in [6, 6.07) is 0. The first-order valence-electron chi connectivity index (χ1n) is 8.26. The SMILES string of the molecule is CC(O)(C=CC(O)C(O)C=CC(=O)O)C(O)CC(O)C=CC=CC=CCO. The lowest BCUT2D eigenvalue weighted by atomic mass is 9.93. The van der Waals surface area contributed by atoms with Crippen LogP contribution in [-0.2, 0) is 4.79 Å². The maximum atomic E-state index is 10.4. The van der Waals surface area contributed by atoms with Crippen molar-refractivity contribution in [2.75, 3.05) is 6.61 Å². The monoisotopic (exact) mass is 384 g/mol. The first kappa shape index (κ1) is 24.9. The van der Waals surface area contributed by atoms with Crippen molar-refractivity contribution < 1.29 is 40.5 Å². The van der Waals surface area contributed by atoms with Gasteiger partial charge in [0.2, 0.25) is 0 Å². The maximum Gasteiger partial charge on any atom is 0.328 e. The van der Waals surface area contributed by atoms with Crippen molar-refractivity contribution in [3.8, 4) is 0 Å². The van der Waals surface area contributed by atoms with Crippen molar-refractivity contribution in [2.45, 2.75) is 43.4 Å². The highest BCUT2D eigenvalue weighted by atomic mass is 16.4. The lowest BCUT2D eigenvalue weighted by Gasteiger charge is -2.27. The third-order valence-electron chi connectivity index (χ3n) is 3.46. The van der Waals surface area contributed by atoms with Gasteiger partial charge >= 0.3 is 5.97 Å². The minimum absolute atomic E-state index is 0.0763. The number of hydrogen-bond acceptors (Lipinski definition) is 7. The van der Waals surface area contributed by atoms with Crippen LogP contribution in [0, 0.1) is 0 Å². The fraction of sp³-hybridized carbons (Fsp3) is 0.421. The second kappa shape index (κ2) is 13.2. The normalized spacial score (nSPS) is 20.0. The van der Waals surface area contributed by atoms with Gasteiger partial charge in [-0.15, -0.1) is 0 Å². The smallest absolute Gasteiger partial charge is 0.328 e. The second-order valence-corrected chi connectivity index (χ2v) is 5.96. The van der Waals surface area contributed by atoms with Gasteiger partial charge in [-0.2, -0.15) is 0 Å². The van der Waals surface area contributed by atoms with Crippen LogP contribution >= 0.6 is 0 Å². The summed E-state index contributed by atoms with van der Waals surface area (Å²) in [4.78, 5) is 10.4. The van der Waals surface area contributed by atoms with Gasteiger partial charge < -0.3 is 35.7 Å². The summed E-state index contributed by atoms with van der Waals surface area (Å²) in [6.45, 7) is 1.18.